The number of aryl methyl sites for hydroxylation is 1. The molecule has 5 heteroatoms. The minimum absolute atomic E-state index is 0.106. The number of imidazole rings is 1. The minimum Gasteiger partial charge on any atom is -0.383 e. The molecule has 2 rings (SSSR count). The summed E-state index contributed by atoms with van der Waals surface area (Å²) in [6, 6.07) is 3.55. The number of pyridine rings is 1. The number of nitrogens with one attached hydrogen (secondary N) is 1. The molecular formula is C12H15N3O2. The number of carbonyl (C=O) groups excluding carboxylic acids is 1. The number of ether oxygens (including phenoxy) is 1. The van der Waals surface area contributed by atoms with E-state index in [0.29, 0.717) is 18.7 Å². The summed E-state index contributed by atoms with van der Waals surface area (Å²) in [6.45, 7) is 2.94. The number of amides is 1. The van der Waals surface area contributed by atoms with Gasteiger partial charge in [-0.15, -0.1) is 0 Å². The summed E-state index contributed by atoms with van der Waals surface area (Å²) < 4.78 is 6.76. The Balaban J connectivity index is 2.15. The van der Waals surface area contributed by atoms with Crippen molar-refractivity contribution in [1.82, 2.24) is 14.7 Å². The molecule has 0 aliphatic carbocycles. The van der Waals surface area contributed by atoms with Crippen molar-refractivity contribution >= 4 is 11.6 Å². The smallest absolute Gasteiger partial charge is 0.251 e. The van der Waals surface area contributed by atoms with Gasteiger partial charge in [-0.25, -0.2) is 4.98 Å². The first kappa shape index (κ1) is 11.6. The number of methoxy groups -OCH3 is 1. The van der Waals surface area contributed by atoms with Gasteiger partial charge in [-0.3, -0.25) is 4.79 Å². The maximum absolute atomic E-state index is 11.8. The fourth-order valence-electron chi connectivity index (χ4n) is 1.62. The summed E-state index contributed by atoms with van der Waals surface area (Å²) in [6.07, 6.45) is 3.75. The minimum atomic E-state index is -0.106. The van der Waals surface area contributed by atoms with Gasteiger partial charge in [0.1, 0.15) is 5.65 Å². The van der Waals surface area contributed by atoms with Crippen LogP contribution in [0.3, 0.4) is 0 Å². The van der Waals surface area contributed by atoms with Gasteiger partial charge in [0, 0.05) is 31.6 Å². The van der Waals surface area contributed by atoms with Crippen LogP contribution in [0.1, 0.15) is 16.1 Å². The molecular weight excluding hydrogens is 218 g/mol. The second-order valence-corrected chi connectivity index (χ2v) is 3.81. The average molecular weight is 233 g/mol. The molecule has 0 saturated heterocycles. The van der Waals surface area contributed by atoms with E-state index in [4.69, 9.17) is 4.74 Å². The monoisotopic (exact) mass is 233 g/mol. The molecule has 0 radical (unpaired) electrons. The van der Waals surface area contributed by atoms with Gasteiger partial charge in [0.2, 0.25) is 0 Å². The predicted octanol–water partition coefficient (Wildman–Crippen LogP) is 1.02. The van der Waals surface area contributed by atoms with Crippen LogP contribution in [0.4, 0.5) is 0 Å². The van der Waals surface area contributed by atoms with E-state index < -0.39 is 0 Å². The van der Waals surface area contributed by atoms with Crippen molar-refractivity contribution in [2.24, 2.45) is 0 Å². The molecule has 2 heterocycles. The topological polar surface area (TPSA) is 55.6 Å². The highest BCUT2D eigenvalue weighted by Gasteiger charge is 2.06. The fraction of sp³-hybridized carbons (Fsp3) is 0.333. The standard InChI is InChI=1S/C12H15N3O2/c1-9-8-15-5-3-10(7-11(15)14-9)12(16)13-4-6-17-2/h3,5,7-8H,4,6H2,1-2H3,(H,13,16). The van der Waals surface area contributed by atoms with Gasteiger partial charge in [0.05, 0.1) is 12.3 Å². The molecule has 0 saturated carbocycles. The van der Waals surface area contributed by atoms with Gasteiger partial charge < -0.3 is 14.5 Å². The second kappa shape index (κ2) is 4.97. The van der Waals surface area contributed by atoms with E-state index in [1.807, 2.05) is 23.7 Å². The number of hydrogen-bond donors (Lipinski definition) is 1. The molecule has 0 atom stereocenters. The molecule has 0 aromatic carbocycles. The number of hydrogen-bond acceptors (Lipinski definition) is 3. The third-order valence-electron chi connectivity index (χ3n) is 2.43. The Morgan fingerprint density at radius 3 is 3.18 bits per heavy atom. The van der Waals surface area contributed by atoms with E-state index in [1.165, 1.54) is 0 Å². The molecule has 0 aliphatic rings. The fourth-order valence-corrected chi connectivity index (χ4v) is 1.62. The van der Waals surface area contributed by atoms with E-state index >= 15 is 0 Å². The molecule has 1 N–H and O–H groups in total. The Hall–Kier alpha value is -1.88. The normalized spacial score (nSPS) is 10.7. The Morgan fingerprint density at radius 1 is 1.59 bits per heavy atom. The van der Waals surface area contributed by atoms with Crippen molar-refractivity contribution in [3.63, 3.8) is 0 Å². The van der Waals surface area contributed by atoms with Crippen LogP contribution < -0.4 is 5.32 Å². The van der Waals surface area contributed by atoms with E-state index in [-0.39, 0.29) is 5.91 Å². The Labute approximate surface area is 99.4 Å². The lowest BCUT2D eigenvalue weighted by Gasteiger charge is -2.04. The zero-order chi connectivity index (χ0) is 12.3. The maximum atomic E-state index is 11.8. The summed E-state index contributed by atoms with van der Waals surface area (Å²) >= 11 is 0. The highest BCUT2D eigenvalue weighted by molar-refractivity contribution is 5.95. The Morgan fingerprint density at radius 2 is 2.41 bits per heavy atom. The van der Waals surface area contributed by atoms with Crippen molar-refractivity contribution < 1.29 is 9.53 Å². The summed E-state index contributed by atoms with van der Waals surface area (Å²) in [5.41, 5.74) is 2.32. The highest BCUT2D eigenvalue weighted by Crippen LogP contribution is 2.07. The SMILES string of the molecule is COCCNC(=O)c1ccn2cc(C)nc2c1. The summed E-state index contributed by atoms with van der Waals surface area (Å²) in [7, 11) is 1.60. The van der Waals surface area contributed by atoms with Crippen molar-refractivity contribution in [3.8, 4) is 0 Å². The van der Waals surface area contributed by atoms with Crippen LogP contribution in [0, 0.1) is 6.92 Å². The molecule has 0 bridgehead atoms. The maximum Gasteiger partial charge on any atom is 0.251 e. The van der Waals surface area contributed by atoms with Crippen LogP contribution in [0.5, 0.6) is 0 Å². The zero-order valence-electron chi connectivity index (χ0n) is 9.93. The van der Waals surface area contributed by atoms with Crippen molar-refractivity contribution in [3.05, 3.63) is 35.8 Å². The first-order chi connectivity index (χ1) is 8.20. The van der Waals surface area contributed by atoms with E-state index in [2.05, 4.69) is 10.3 Å². The van der Waals surface area contributed by atoms with E-state index in [9.17, 15) is 4.79 Å². The second-order valence-electron chi connectivity index (χ2n) is 3.81. The van der Waals surface area contributed by atoms with Gasteiger partial charge in [0.25, 0.3) is 5.91 Å². The zero-order valence-corrected chi connectivity index (χ0v) is 9.93. The largest absolute Gasteiger partial charge is 0.383 e. The van der Waals surface area contributed by atoms with Crippen LogP contribution in [-0.2, 0) is 4.74 Å². The third kappa shape index (κ3) is 2.62. The molecule has 2 aromatic rings. The van der Waals surface area contributed by atoms with Crippen molar-refractivity contribution in [2.75, 3.05) is 20.3 Å². The Kier molecular flexibility index (Phi) is 3.39. The molecule has 0 aliphatic heterocycles. The molecule has 90 valence electrons. The average Bonchev–Trinajstić information content (AvgIpc) is 2.68. The lowest BCUT2D eigenvalue weighted by Crippen LogP contribution is -2.26. The lowest BCUT2D eigenvalue weighted by molar-refractivity contribution is 0.0937. The van der Waals surface area contributed by atoms with Gasteiger partial charge in [-0.1, -0.05) is 0 Å². The predicted molar refractivity (Wildman–Crippen MR) is 64.1 cm³/mol. The van der Waals surface area contributed by atoms with Gasteiger partial charge in [-0.05, 0) is 19.1 Å². The van der Waals surface area contributed by atoms with E-state index in [1.54, 1.807) is 19.2 Å². The van der Waals surface area contributed by atoms with Crippen molar-refractivity contribution in [2.45, 2.75) is 6.92 Å². The van der Waals surface area contributed by atoms with Crippen molar-refractivity contribution in [1.29, 1.82) is 0 Å². The van der Waals surface area contributed by atoms with Crippen LogP contribution in [0.2, 0.25) is 0 Å². The van der Waals surface area contributed by atoms with E-state index in [0.717, 1.165) is 11.3 Å². The Bertz CT molecular complexity index is 534. The molecule has 2 aromatic heterocycles. The van der Waals surface area contributed by atoms with Gasteiger partial charge in [0.15, 0.2) is 0 Å². The van der Waals surface area contributed by atoms with Crippen LogP contribution in [-0.4, -0.2) is 35.6 Å². The molecule has 0 spiro atoms. The molecule has 17 heavy (non-hydrogen) atoms. The molecule has 0 unspecified atom stereocenters. The highest BCUT2D eigenvalue weighted by atomic mass is 16.5. The number of nitrogens with zero attached hydrogens (tertiary/aromatic N) is 2. The van der Waals surface area contributed by atoms with Gasteiger partial charge in [-0.2, -0.15) is 0 Å². The lowest BCUT2D eigenvalue weighted by atomic mass is 10.2. The number of carbonyl (C=O) groups is 1. The number of aromatic nitrogens is 2. The first-order valence-electron chi connectivity index (χ1n) is 5.43. The molecule has 5 nitrogen and oxygen atoms in total. The van der Waals surface area contributed by atoms with Crippen LogP contribution in [0.15, 0.2) is 24.5 Å². The number of fused-ring (bicyclic) bond motifs is 1. The van der Waals surface area contributed by atoms with Crippen LogP contribution in [0.25, 0.3) is 5.65 Å². The summed E-state index contributed by atoms with van der Waals surface area (Å²) in [4.78, 5) is 16.1. The van der Waals surface area contributed by atoms with Gasteiger partial charge >= 0.3 is 0 Å². The quantitative estimate of drug-likeness (QED) is 0.802. The number of rotatable bonds is 4. The third-order valence-corrected chi connectivity index (χ3v) is 2.43. The summed E-state index contributed by atoms with van der Waals surface area (Å²) in [5, 5.41) is 2.77. The molecule has 1 amide bonds. The first-order valence-corrected chi connectivity index (χ1v) is 5.43. The summed E-state index contributed by atoms with van der Waals surface area (Å²) in [5.74, 6) is -0.106. The van der Waals surface area contributed by atoms with Crippen LogP contribution >= 0.6 is 0 Å². The molecule has 0 fully saturated rings.